The molecule has 1 amide bonds. The van der Waals surface area contributed by atoms with Crippen molar-refractivity contribution in [3.05, 3.63) is 57.6 Å². The minimum atomic E-state index is -3.63. The summed E-state index contributed by atoms with van der Waals surface area (Å²) in [6, 6.07) is 10.0. The fraction of sp³-hybridized carbons (Fsp3) is 0.350. The molecule has 0 aromatic heterocycles. The van der Waals surface area contributed by atoms with E-state index in [1.165, 1.54) is 10.4 Å². The van der Waals surface area contributed by atoms with Crippen LogP contribution >= 0.6 is 23.2 Å². The second-order valence-electron chi connectivity index (χ2n) is 6.75. The van der Waals surface area contributed by atoms with Gasteiger partial charge in [0.25, 0.3) is 0 Å². The van der Waals surface area contributed by atoms with E-state index in [4.69, 9.17) is 27.9 Å². The normalized spacial score (nSPS) is 15.3. The van der Waals surface area contributed by atoms with Crippen LogP contribution in [0.25, 0.3) is 0 Å². The fourth-order valence-electron chi connectivity index (χ4n) is 3.03. The molecule has 0 aliphatic carbocycles. The van der Waals surface area contributed by atoms with E-state index in [0.29, 0.717) is 48.5 Å². The lowest BCUT2D eigenvalue weighted by molar-refractivity contribution is -0.116. The van der Waals surface area contributed by atoms with Gasteiger partial charge >= 0.3 is 0 Å². The Morgan fingerprint density at radius 2 is 1.90 bits per heavy atom. The maximum atomic E-state index is 12.8. The largest absolute Gasteiger partial charge is 0.379 e. The molecule has 1 aliphatic heterocycles. The first-order chi connectivity index (χ1) is 13.8. The minimum absolute atomic E-state index is 0.151. The summed E-state index contributed by atoms with van der Waals surface area (Å²) in [5.41, 5.74) is 2.04. The van der Waals surface area contributed by atoms with Gasteiger partial charge in [0, 0.05) is 25.2 Å². The molecule has 3 rings (SSSR count). The van der Waals surface area contributed by atoms with Gasteiger partial charge in [0.15, 0.2) is 0 Å². The summed E-state index contributed by atoms with van der Waals surface area (Å²) in [5, 5.41) is 3.69. The Morgan fingerprint density at radius 3 is 2.62 bits per heavy atom. The standard InChI is InChI=1S/C20H22Cl2N2O4S/c1-14-5-7-16(29(26,27)24-9-11-28-12-10-24)13-18(14)23-19(25)8-6-15-3-2-4-17(21)20(15)22/h2-5,7,13H,6,8-12H2,1H3,(H,23,25). The molecule has 0 unspecified atom stereocenters. The SMILES string of the molecule is Cc1ccc(S(=O)(=O)N2CCOCC2)cc1NC(=O)CCc1cccc(Cl)c1Cl. The molecular formula is C20H22Cl2N2O4S. The lowest BCUT2D eigenvalue weighted by Gasteiger charge is -2.26. The molecule has 9 heteroatoms. The third-order valence-electron chi connectivity index (χ3n) is 4.74. The van der Waals surface area contributed by atoms with Crippen molar-refractivity contribution in [3.8, 4) is 0 Å². The molecule has 0 atom stereocenters. The maximum Gasteiger partial charge on any atom is 0.243 e. The molecule has 6 nitrogen and oxygen atoms in total. The lowest BCUT2D eigenvalue weighted by Crippen LogP contribution is -2.40. The highest BCUT2D eigenvalue weighted by molar-refractivity contribution is 7.89. The van der Waals surface area contributed by atoms with E-state index in [0.717, 1.165) is 11.1 Å². The van der Waals surface area contributed by atoms with Crippen LogP contribution in [0.15, 0.2) is 41.3 Å². The molecule has 0 bridgehead atoms. The number of hydrogen-bond acceptors (Lipinski definition) is 4. The van der Waals surface area contributed by atoms with E-state index in [1.54, 1.807) is 24.3 Å². The zero-order valence-corrected chi connectivity index (χ0v) is 18.3. The summed E-state index contributed by atoms with van der Waals surface area (Å²) < 4.78 is 32.3. The lowest BCUT2D eigenvalue weighted by atomic mass is 10.1. The van der Waals surface area contributed by atoms with Crippen LogP contribution in [-0.4, -0.2) is 44.9 Å². The zero-order valence-electron chi connectivity index (χ0n) is 16.0. The van der Waals surface area contributed by atoms with Gasteiger partial charge in [-0.3, -0.25) is 4.79 Å². The molecule has 1 heterocycles. The summed E-state index contributed by atoms with van der Waals surface area (Å²) in [7, 11) is -3.63. The van der Waals surface area contributed by atoms with Crippen LogP contribution in [-0.2, 0) is 26.0 Å². The molecule has 0 spiro atoms. The molecule has 2 aromatic carbocycles. The molecule has 1 fully saturated rings. The van der Waals surface area contributed by atoms with E-state index in [1.807, 2.05) is 13.0 Å². The number of sulfonamides is 1. The number of carbonyl (C=O) groups is 1. The van der Waals surface area contributed by atoms with E-state index in [2.05, 4.69) is 5.32 Å². The van der Waals surface area contributed by atoms with E-state index in [9.17, 15) is 13.2 Å². The van der Waals surface area contributed by atoms with Gasteiger partial charge in [-0.25, -0.2) is 8.42 Å². The summed E-state index contributed by atoms with van der Waals surface area (Å²) in [6.07, 6.45) is 0.621. The van der Waals surface area contributed by atoms with E-state index in [-0.39, 0.29) is 17.2 Å². The number of aryl methyl sites for hydroxylation is 2. The van der Waals surface area contributed by atoms with Crippen LogP contribution in [0.1, 0.15) is 17.5 Å². The fourth-order valence-corrected chi connectivity index (χ4v) is 4.88. The van der Waals surface area contributed by atoms with Crippen LogP contribution < -0.4 is 5.32 Å². The van der Waals surface area contributed by atoms with Gasteiger partial charge < -0.3 is 10.1 Å². The van der Waals surface area contributed by atoms with Crippen LogP contribution in [0, 0.1) is 6.92 Å². The van der Waals surface area contributed by atoms with Crippen molar-refractivity contribution in [1.29, 1.82) is 0 Å². The molecule has 29 heavy (non-hydrogen) atoms. The molecular weight excluding hydrogens is 435 g/mol. The van der Waals surface area contributed by atoms with Crippen LogP contribution in [0.4, 0.5) is 5.69 Å². The minimum Gasteiger partial charge on any atom is -0.379 e. The average molecular weight is 457 g/mol. The topological polar surface area (TPSA) is 75.7 Å². The molecule has 156 valence electrons. The highest BCUT2D eigenvalue weighted by atomic mass is 35.5. The molecule has 0 saturated carbocycles. The van der Waals surface area contributed by atoms with Gasteiger partial charge in [0.05, 0.1) is 28.2 Å². The Kier molecular flexibility index (Phi) is 7.19. The van der Waals surface area contributed by atoms with Crippen molar-refractivity contribution in [2.24, 2.45) is 0 Å². The highest BCUT2D eigenvalue weighted by Crippen LogP contribution is 2.27. The van der Waals surface area contributed by atoms with Gasteiger partial charge in [0.1, 0.15) is 0 Å². The van der Waals surface area contributed by atoms with Crippen LogP contribution in [0.3, 0.4) is 0 Å². The highest BCUT2D eigenvalue weighted by Gasteiger charge is 2.26. The number of morpholine rings is 1. The monoisotopic (exact) mass is 456 g/mol. The number of anilines is 1. The molecule has 2 aromatic rings. The van der Waals surface area contributed by atoms with Crippen LogP contribution in [0.2, 0.25) is 10.0 Å². The summed E-state index contributed by atoms with van der Waals surface area (Å²) >= 11 is 12.2. The number of amides is 1. The van der Waals surface area contributed by atoms with Crippen molar-refractivity contribution < 1.29 is 17.9 Å². The van der Waals surface area contributed by atoms with Gasteiger partial charge in [-0.2, -0.15) is 4.31 Å². The molecule has 0 radical (unpaired) electrons. The Labute approximate surface area is 180 Å². The summed E-state index contributed by atoms with van der Waals surface area (Å²) in [4.78, 5) is 12.6. The zero-order chi connectivity index (χ0) is 21.0. The number of nitrogens with one attached hydrogen (secondary N) is 1. The van der Waals surface area contributed by atoms with Gasteiger partial charge in [-0.15, -0.1) is 0 Å². The number of halogens is 2. The Balaban J connectivity index is 1.71. The quantitative estimate of drug-likeness (QED) is 0.714. The number of carbonyl (C=O) groups excluding carboxylic acids is 1. The first-order valence-electron chi connectivity index (χ1n) is 9.20. The average Bonchev–Trinajstić information content (AvgIpc) is 2.71. The smallest absolute Gasteiger partial charge is 0.243 e. The predicted octanol–water partition coefficient (Wildman–Crippen LogP) is 3.89. The number of benzene rings is 2. The molecule has 1 N–H and O–H groups in total. The Hall–Kier alpha value is -1.64. The Morgan fingerprint density at radius 1 is 1.17 bits per heavy atom. The second-order valence-corrected chi connectivity index (χ2v) is 9.48. The van der Waals surface area contributed by atoms with Crippen molar-refractivity contribution in [2.75, 3.05) is 31.6 Å². The molecule has 1 aliphatic rings. The van der Waals surface area contributed by atoms with Gasteiger partial charge in [-0.1, -0.05) is 41.4 Å². The number of rotatable bonds is 6. The van der Waals surface area contributed by atoms with Crippen molar-refractivity contribution in [1.82, 2.24) is 4.31 Å². The first-order valence-corrected chi connectivity index (χ1v) is 11.4. The number of nitrogens with zero attached hydrogens (tertiary/aromatic N) is 1. The first kappa shape index (κ1) is 22.1. The number of hydrogen-bond donors (Lipinski definition) is 1. The predicted molar refractivity (Wildman–Crippen MR) is 114 cm³/mol. The number of ether oxygens (including phenoxy) is 1. The van der Waals surface area contributed by atoms with Gasteiger partial charge in [-0.05, 0) is 42.7 Å². The third-order valence-corrected chi connectivity index (χ3v) is 7.50. The van der Waals surface area contributed by atoms with Crippen molar-refractivity contribution in [3.63, 3.8) is 0 Å². The van der Waals surface area contributed by atoms with E-state index >= 15 is 0 Å². The third kappa shape index (κ3) is 5.29. The summed E-state index contributed by atoms with van der Waals surface area (Å²) in [5.74, 6) is -0.231. The Bertz CT molecular complexity index is 1010. The van der Waals surface area contributed by atoms with Crippen molar-refractivity contribution >= 4 is 44.8 Å². The van der Waals surface area contributed by atoms with Crippen LogP contribution in [0.5, 0.6) is 0 Å². The molecule has 1 saturated heterocycles. The van der Waals surface area contributed by atoms with Crippen molar-refractivity contribution in [2.45, 2.75) is 24.7 Å². The summed E-state index contributed by atoms with van der Waals surface area (Å²) in [6.45, 7) is 3.20. The van der Waals surface area contributed by atoms with E-state index < -0.39 is 10.0 Å². The second kappa shape index (κ2) is 9.45. The maximum absolute atomic E-state index is 12.8. The van der Waals surface area contributed by atoms with Gasteiger partial charge in [0.2, 0.25) is 15.9 Å².